The molecule has 0 aromatic heterocycles. The normalized spacial score (nSPS) is 24.0. The van der Waals surface area contributed by atoms with Crippen molar-refractivity contribution in [1.82, 2.24) is 0 Å². The van der Waals surface area contributed by atoms with E-state index in [0.29, 0.717) is 5.92 Å². The standard InChI is InChI=1S/C17H21N/c1-2-3-4-14-5-9-16(10-6-14)17-11-7-15(13-18)8-12-17/h3-4,7-8,11-12,14,16H,2,5-6,9-10H2,1H3/t14-,16+. The van der Waals surface area contributed by atoms with Gasteiger partial charge >= 0.3 is 0 Å². The predicted octanol–water partition coefficient (Wildman–Crippen LogP) is 4.80. The summed E-state index contributed by atoms with van der Waals surface area (Å²) in [5.74, 6) is 1.49. The van der Waals surface area contributed by atoms with Crippen LogP contribution in [0.2, 0.25) is 0 Å². The van der Waals surface area contributed by atoms with Gasteiger partial charge in [0.1, 0.15) is 0 Å². The number of nitrogens with zero attached hydrogens (tertiary/aromatic N) is 1. The van der Waals surface area contributed by atoms with Crippen molar-refractivity contribution >= 4 is 0 Å². The molecule has 0 spiro atoms. The molecule has 2 rings (SSSR count). The fourth-order valence-corrected chi connectivity index (χ4v) is 2.80. The SMILES string of the molecule is CCC=C[C@H]1CC[C@@H](c2ccc(C#N)cc2)CC1. The van der Waals surface area contributed by atoms with Gasteiger partial charge in [-0.15, -0.1) is 0 Å². The summed E-state index contributed by atoms with van der Waals surface area (Å²) in [4.78, 5) is 0. The molecule has 1 aromatic carbocycles. The monoisotopic (exact) mass is 239 g/mol. The van der Waals surface area contributed by atoms with Crippen LogP contribution in [-0.4, -0.2) is 0 Å². The minimum absolute atomic E-state index is 0.698. The van der Waals surface area contributed by atoms with Gasteiger partial charge in [-0.3, -0.25) is 0 Å². The highest BCUT2D eigenvalue weighted by Gasteiger charge is 2.20. The molecule has 1 aliphatic carbocycles. The Kier molecular flexibility index (Phi) is 4.59. The largest absolute Gasteiger partial charge is 0.192 e. The Morgan fingerprint density at radius 1 is 1.17 bits per heavy atom. The quantitative estimate of drug-likeness (QED) is 0.695. The molecule has 94 valence electrons. The fourth-order valence-electron chi connectivity index (χ4n) is 2.80. The summed E-state index contributed by atoms with van der Waals surface area (Å²) in [6.45, 7) is 2.19. The zero-order valence-corrected chi connectivity index (χ0v) is 11.1. The van der Waals surface area contributed by atoms with Crippen molar-refractivity contribution in [2.24, 2.45) is 5.92 Å². The van der Waals surface area contributed by atoms with E-state index in [2.05, 4.69) is 37.3 Å². The second-order valence-electron chi connectivity index (χ2n) is 5.18. The summed E-state index contributed by atoms with van der Waals surface area (Å²) < 4.78 is 0. The number of rotatable bonds is 3. The molecule has 1 saturated carbocycles. The molecule has 0 amide bonds. The summed E-state index contributed by atoms with van der Waals surface area (Å²) in [5.41, 5.74) is 2.17. The molecule has 0 N–H and O–H groups in total. The van der Waals surface area contributed by atoms with Gasteiger partial charge in [0.25, 0.3) is 0 Å². The van der Waals surface area contributed by atoms with E-state index in [1.54, 1.807) is 0 Å². The van der Waals surface area contributed by atoms with Crippen molar-refractivity contribution < 1.29 is 0 Å². The molecular formula is C17H21N. The highest BCUT2D eigenvalue weighted by atomic mass is 14.3. The van der Waals surface area contributed by atoms with Crippen LogP contribution in [-0.2, 0) is 0 Å². The molecule has 1 nitrogen and oxygen atoms in total. The van der Waals surface area contributed by atoms with Crippen molar-refractivity contribution in [1.29, 1.82) is 5.26 Å². The van der Waals surface area contributed by atoms with E-state index < -0.39 is 0 Å². The van der Waals surface area contributed by atoms with Crippen molar-refractivity contribution in [2.75, 3.05) is 0 Å². The molecule has 18 heavy (non-hydrogen) atoms. The maximum atomic E-state index is 8.80. The van der Waals surface area contributed by atoms with Gasteiger partial charge in [0.15, 0.2) is 0 Å². The van der Waals surface area contributed by atoms with Crippen molar-refractivity contribution in [3.05, 3.63) is 47.5 Å². The third-order valence-corrected chi connectivity index (χ3v) is 3.93. The van der Waals surface area contributed by atoms with Crippen LogP contribution in [0.4, 0.5) is 0 Å². The van der Waals surface area contributed by atoms with E-state index in [9.17, 15) is 0 Å². The molecule has 0 radical (unpaired) electrons. The molecule has 0 unspecified atom stereocenters. The maximum Gasteiger partial charge on any atom is 0.0991 e. The van der Waals surface area contributed by atoms with Crippen LogP contribution >= 0.6 is 0 Å². The highest BCUT2D eigenvalue weighted by Crippen LogP contribution is 2.36. The first kappa shape index (κ1) is 12.9. The number of hydrogen-bond acceptors (Lipinski definition) is 1. The maximum absolute atomic E-state index is 8.80. The average Bonchev–Trinajstić information content (AvgIpc) is 2.46. The van der Waals surface area contributed by atoms with Crippen LogP contribution in [0, 0.1) is 17.2 Å². The van der Waals surface area contributed by atoms with Gasteiger partial charge in [-0.25, -0.2) is 0 Å². The lowest BCUT2D eigenvalue weighted by Gasteiger charge is -2.27. The Hall–Kier alpha value is -1.55. The van der Waals surface area contributed by atoms with E-state index in [4.69, 9.17) is 5.26 Å². The third-order valence-electron chi connectivity index (χ3n) is 3.93. The fraction of sp³-hybridized carbons (Fsp3) is 0.471. The van der Waals surface area contributed by atoms with E-state index in [1.807, 2.05) is 12.1 Å². The number of allylic oxidation sites excluding steroid dienone is 2. The molecule has 0 bridgehead atoms. The van der Waals surface area contributed by atoms with Crippen molar-refractivity contribution in [3.63, 3.8) is 0 Å². The second kappa shape index (κ2) is 6.40. The zero-order chi connectivity index (χ0) is 12.8. The smallest absolute Gasteiger partial charge is 0.0991 e. The van der Waals surface area contributed by atoms with Crippen molar-refractivity contribution in [3.8, 4) is 6.07 Å². The van der Waals surface area contributed by atoms with E-state index in [0.717, 1.165) is 17.9 Å². The lowest BCUT2D eigenvalue weighted by Crippen LogP contribution is -2.11. The van der Waals surface area contributed by atoms with Crippen LogP contribution in [0.3, 0.4) is 0 Å². The van der Waals surface area contributed by atoms with Gasteiger partial charge in [0.05, 0.1) is 11.6 Å². The number of nitriles is 1. The Bertz CT molecular complexity index is 428. The van der Waals surface area contributed by atoms with E-state index in [-0.39, 0.29) is 0 Å². The topological polar surface area (TPSA) is 23.8 Å². The Balaban J connectivity index is 1.93. The molecule has 1 heteroatoms. The molecule has 0 heterocycles. The van der Waals surface area contributed by atoms with Gasteiger partial charge in [-0.1, -0.05) is 31.2 Å². The molecular weight excluding hydrogens is 218 g/mol. The highest BCUT2D eigenvalue weighted by molar-refractivity contribution is 5.33. The minimum atomic E-state index is 0.698. The Labute approximate surface area is 110 Å². The summed E-state index contributed by atoms with van der Waals surface area (Å²) in [6, 6.07) is 10.3. The molecule has 1 aromatic rings. The molecule has 1 fully saturated rings. The lowest BCUT2D eigenvalue weighted by atomic mass is 9.78. The van der Waals surface area contributed by atoms with Crippen LogP contribution in [0.25, 0.3) is 0 Å². The van der Waals surface area contributed by atoms with E-state index in [1.165, 1.54) is 31.2 Å². The third kappa shape index (κ3) is 3.23. The first-order valence-corrected chi connectivity index (χ1v) is 7.00. The van der Waals surface area contributed by atoms with Crippen molar-refractivity contribution in [2.45, 2.75) is 44.9 Å². The lowest BCUT2D eigenvalue weighted by molar-refractivity contribution is 0.375. The second-order valence-corrected chi connectivity index (χ2v) is 5.18. The first-order chi connectivity index (χ1) is 8.83. The van der Waals surface area contributed by atoms with E-state index >= 15 is 0 Å². The predicted molar refractivity (Wildman–Crippen MR) is 75.3 cm³/mol. The van der Waals surface area contributed by atoms with Gasteiger partial charge in [-0.2, -0.15) is 5.26 Å². The Morgan fingerprint density at radius 2 is 1.83 bits per heavy atom. The Morgan fingerprint density at radius 3 is 2.39 bits per heavy atom. The molecule has 0 saturated heterocycles. The number of hydrogen-bond donors (Lipinski definition) is 0. The zero-order valence-electron chi connectivity index (χ0n) is 11.1. The average molecular weight is 239 g/mol. The molecule has 0 atom stereocenters. The first-order valence-electron chi connectivity index (χ1n) is 7.00. The van der Waals surface area contributed by atoms with Gasteiger partial charge in [0.2, 0.25) is 0 Å². The summed E-state index contributed by atoms with van der Waals surface area (Å²) >= 11 is 0. The van der Waals surface area contributed by atoms with Crippen LogP contribution in [0.1, 0.15) is 56.1 Å². The van der Waals surface area contributed by atoms with Gasteiger partial charge in [0, 0.05) is 0 Å². The summed E-state index contributed by atoms with van der Waals surface area (Å²) in [5, 5.41) is 8.80. The van der Waals surface area contributed by atoms with Gasteiger partial charge < -0.3 is 0 Å². The molecule has 1 aliphatic rings. The number of benzene rings is 1. The summed E-state index contributed by atoms with van der Waals surface area (Å²) in [7, 11) is 0. The van der Waals surface area contributed by atoms with Crippen LogP contribution in [0.5, 0.6) is 0 Å². The van der Waals surface area contributed by atoms with Crippen LogP contribution < -0.4 is 0 Å². The molecule has 0 aliphatic heterocycles. The minimum Gasteiger partial charge on any atom is -0.192 e. The van der Waals surface area contributed by atoms with Gasteiger partial charge in [-0.05, 0) is 61.6 Å². The summed E-state index contributed by atoms with van der Waals surface area (Å²) in [6.07, 6.45) is 11.0. The van der Waals surface area contributed by atoms with Crippen LogP contribution in [0.15, 0.2) is 36.4 Å².